The van der Waals surface area contributed by atoms with Gasteiger partial charge in [0.1, 0.15) is 12.0 Å². The van der Waals surface area contributed by atoms with Crippen molar-refractivity contribution in [2.24, 2.45) is 9.98 Å². The van der Waals surface area contributed by atoms with Gasteiger partial charge in [0.2, 0.25) is 0 Å². The van der Waals surface area contributed by atoms with Gasteiger partial charge < -0.3 is 9.67 Å². The Balaban J connectivity index is 1.68. The largest absolute Gasteiger partial charge is 0.388 e. The Morgan fingerprint density at radius 3 is 2.95 bits per heavy atom. The summed E-state index contributed by atoms with van der Waals surface area (Å²) in [7, 11) is 0. The minimum Gasteiger partial charge on any atom is -0.388 e. The van der Waals surface area contributed by atoms with Gasteiger partial charge in [0.05, 0.1) is 12.1 Å². The molecule has 0 bridgehead atoms. The second-order valence-electron chi connectivity index (χ2n) is 5.30. The normalized spacial score (nSPS) is 19.6. The van der Waals surface area contributed by atoms with Crippen molar-refractivity contribution in [1.29, 1.82) is 0 Å². The Labute approximate surface area is 122 Å². The van der Waals surface area contributed by atoms with Crippen LogP contribution in [0.25, 0.3) is 6.08 Å². The maximum absolute atomic E-state index is 10.5. The zero-order valence-corrected chi connectivity index (χ0v) is 11.4. The monoisotopic (exact) mass is 277 g/mol. The average Bonchev–Trinajstić information content (AvgIpc) is 3.09. The molecule has 0 saturated heterocycles. The molecule has 2 aliphatic rings. The van der Waals surface area contributed by atoms with E-state index in [9.17, 15) is 5.11 Å². The topological polar surface area (TPSA) is 49.9 Å². The molecular formula is C17H15N3O. The Kier molecular flexibility index (Phi) is 2.82. The predicted octanol–water partition coefficient (Wildman–Crippen LogP) is 1.80. The number of hydrogen-bond donors (Lipinski definition) is 1. The van der Waals surface area contributed by atoms with Crippen LogP contribution in [0.5, 0.6) is 0 Å². The molecule has 0 radical (unpaired) electrons. The summed E-state index contributed by atoms with van der Waals surface area (Å²) in [4.78, 5) is 8.59. The molecule has 2 aliphatic heterocycles. The van der Waals surface area contributed by atoms with E-state index in [1.807, 2.05) is 42.5 Å². The lowest BCUT2D eigenvalue weighted by atomic mass is 10.0. The Hall–Kier alpha value is -2.46. The van der Waals surface area contributed by atoms with E-state index in [0.29, 0.717) is 6.42 Å². The van der Waals surface area contributed by atoms with E-state index < -0.39 is 6.10 Å². The molecular weight excluding hydrogens is 262 g/mol. The highest BCUT2D eigenvalue weighted by atomic mass is 16.3. The van der Waals surface area contributed by atoms with Crippen molar-refractivity contribution in [3.8, 4) is 0 Å². The number of allylic oxidation sites excluding steroid dienone is 2. The summed E-state index contributed by atoms with van der Waals surface area (Å²) in [5.41, 5.74) is 2.74. The number of aliphatic hydroxyl groups excluding tert-OH is 1. The third kappa shape index (κ3) is 2.04. The van der Waals surface area contributed by atoms with Crippen molar-refractivity contribution in [1.82, 2.24) is 4.57 Å². The average molecular weight is 277 g/mol. The van der Waals surface area contributed by atoms with Crippen LogP contribution in [-0.2, 0) is 0 Å². The molecule has 0 amide bonds. The van der Waals surface area contributed by atoms with Gasteiger partial charge in [0.15, 0.2) is 5.49 Å². The van der Waals surface area contributed by atoms with Gasteiger partial charge in [-0.2, -0.15) is 0 Å². The molecule has 21 heavy (non-hydrogen) atoms. The fraction of sp³-hybridized carbons (Fsp3) is 0.176. The maximum atomic E-state index is 10.5. The summed E-state index contributed by atoms with van der Waals surface area (Å²) < 4.78 is 2.15. The van der Waals surface area contributed by atoms with E-state index in [0.717, 1.165) is 22.1 Å². The molecule has 0 aliphatic carbocycles. The summed E-state index contributed by atoms with van der Waals surface area (Å²) in [6, 6.07) is 11.9. The first kappa shape index (κ1) is 12.3. The first-order valence-electron chi connectivity index (χ1n) is 7.06. The van der Waals surface area contributed by atoms with Crippen LogP contribution in [0.4, 0.5) is 5.69 Å². The van der Waals surface area contributed by atoms with Gasteiger partial charge in [0.25, 0.3) is 0 Å². The number of benzene rings is 1. The van der Waals surface area contributed by atoms with E-state index in [2.05, 4.69) is 26.7 Å². The maximum Gasteiger partial charge on any atom is 0.161 e. The second kappa shape index (κ2) is 4.82. The van der Waals surface area contributed by atoms with E-state index in [1.54, 1.807) is 6.34 Å². The zero-order valence-electron chi connectivity index (χ0n) is 11.4. The molecule has 4 nitrogen and oxygen atoms in total. The molecule has 0 spiro atoms. The van der Waals surface area contributed by atoms with Crippen molar-refractivity contribution in [2.75, 3.05) is 0 Å². The van der Waals surface area contributed by atoms with Crippen LogP contribution >= 0.6 is 0 Å². The summed E-state index contributed by atoms with van der Waals surface area (Å²) in [6.45, 7) is 0. The third-order valence-electron chi connectivity index (χ3n) is 3.98. The summed E-state index contributed by atoms with van der Waals surface area (Å²) >= 11 is 0. The van der Waals surface area contributed by atoms with Gasteiger partial charge >= 0.3 is 0 Å². The van der Waals surface area contributed by atoms with Crippen LogP contribution < -0.4 is 10.8 Å². The summed E-state index contributed by atoms with van der Waals surface area (Å²) in [6.07, 6.45) is 7.91. The Morgan fingerprint density at radius 2 is 2.10 bits per heavy atom. The predicted molar refractivity (Wildman–Crippen MR) is 82.0 cm³/mol. The zero-order chi connectivity index (χ0) is 14.2. The van der Waals surface area contributed by atoms with Crippen LogP contribution in [-0.4, -0.2) is 16.0 Å². The summed E-state index contributed by atoms with van der Waals surface area (Å²) in [5.74, 6) is 0. The van der Waals surface area contributed by atoms with Gasteiger partial charge in [-0.1, -0.05) is 42.5 Å². The van der Waals surface area contributed by atoms with Crippen LogP contribution in [0, 0.1) is 0 Å². The quantitative estimate of drug-likeness (QED) is 0.913. The molecule has 104 valence electrons. The highest BCUT2D eigenvalue weighted by Crippen LogP contribution is 2.25. The highest BCUT2D eigenvalue weighted by Gasteiger charge is 2.21. The van der Waals surface area contributed by atoms with Gasteiger partial charge in [-0.05, 0) is 17.7 Å². The number of nitrogens with zero attached hydrogens (tertiary/aromatic N) is 3. The number of rotatable bonds is 3. The first-order chi connectivity index (χ1) is 10.3. The standard InChI is InChI=1S/C17H15N3O/c21-16(12-5-2-1-3-6-12)10-14-8-4-7-13-9-15-17(20(13)14)19-11-18-15/h1-9,11,14,16,21H,10H2. The summed E-state index contributed by atoms with van der Waals surface area (Å²) in [5, 5.41) is 11.6. The molecule has 1 N–H and O–H groups in total. The molecule has 2 aromatic rings. The fourth-order valence-corrected chi connectivity index (χ4v) is 2.96. The van der Waals surface area contributed by atoms with Crippen molar-refractivity contribution in [2.45, 2.75) is 18.6 Å². The molecule has 4 rings (SSSR count). The van der Waals surface area contributed by atoms with E-state index in [1.165, 1.54) is 0 Å². The van der Waals surface area contributed by atoms with E-state index in [-0.39, 0.29) is 6.04 Å². The molecule has 0 saturated carbocycles. The van der Waals surface area contributed by atoms with Crippen molar-refractivity contribution in [3.63, 3.8) is 0 Å². The fourth-order valence-electron chi connectivity index (χ4n) is 2.96. The molecule has 0 fully saturated rings. The molecule has 2 unspecified atom stereocenters. The van der Waals surface area contributed by atoms with Gasteiger partial charge in [-0.25, -0.2) is 9.98 Å². The number of fused-ring (bicyclic) bond motifs is 3. The highest BCUT2D eigenvalue weighted by molar-refractivity contribution is 5.66. The van der Waals surface area contributed by atoms with Crippen LogP contribution in [0.1, 0.15) is 24.1 Å². The molecule has 3 heterocycles. The molecule has 2 atom stereocenters. The Bertz CT molecular complexity index is 846. The minimum absolute atomic E-state index is 0.0920. The van der Waals surface area contributed by atoms with Crippen LogP contribution in [0.2, 0.25) is 0 Å². The number of aromatic nitrogens is 1. The van der Waals surface area contributed by atoms with Crippen LogP contribution in [0.15, 0.2) is 58.5 Å². The number of hydrogen-bond acceptors (Lipinski definition) is 3. The van der Waals surface area contributed by atoms with Gasteiger partial charge in [0, 0.05) is 11.8 Å². The lowest BCUT2D eigenvalue weighted by Crippen LogP contribution is -2.32. The van der Waals surface area contributed by atoms with Gasteiger partial charge in [-0.3, -0.25) is 0 Å². The van der Waals surface area contributed by atoms with Crippen molar-refractivity contribution >= 4 is 18.1 Å². The molecule has 1 aromatic heterocycles. The van der Waals surface area contributed by atoms with E-state index >= 15 is 0 Å². The minimum atomic E-state index is -0.493. The second-order valence-corrected chi connectivity index (χ2v) is 5.30. The smallest absolute Gasteiger partial charge is 0.161 e. The van der Waals surface area contributed by atoms with Crippen molar-refractivity contribution in [3.05, 3.63) is 65.0 Å². The Morgan fingerprint density at radius 1 is 1.24 bits per heavy atom. The van der Waals surface area contributed by atoms with Gasteiger partial charge in [-0.15, -0.1) is 0 Å². The lowest BCUT2D eigenvalue weighted by molar-refractivity contribution is 0.152. The molecule has 4 heteroatoms. The lowest BCUT2D eigenvalue weighted by Gasteiger charge is -2.21. The first-order valence-corrected chi connectivity index (χ1v) is 7.06. The molecule has 1 aromatic carbocycles. The third-order valence-corrected chi connectivity index (χ3v) is 3.98. The van der Waals surface area contributed by atoms with Crippen LogP contribution in [0.3, 0.4) is 0 Å². The van der Waals surface area contributed by atoms with Crippen molar-refractivity contribution < 1.29 is 5.11 Å². The number of aliphatic imine (C=N–C) groups is 1. The number of aliphatic hydroxyl groups is 1. The SMILES string of the molecule is OC(CC1C=CC=c2cc3c(n21)=NC=N3)c1ccccc1. The van der Waals surface area contributed by atoms with E-state index in [4.69, 9.17) is 0 Å².